The highest BCUT2D eigenvalue weighted by atomic mass is 31.1. The molecule has 0 aromatic heterocycles. The maximum Gasteiger partial charge on any atom is 0.128 e. The average Bonchev–Trinajstić information content (AvgIpc) is 3.28. The first-order chi connectivity index (χ1) is 15.8. The Morgan fingerprint density at radius 2 is 1.25 bits per heavy atom. The summed E-state index contributed by atoms with van der Waals surface area (Å²) < 4.78 is 6.26. The first-order valence-electron chi connectivity index (χ1n) is 10.9. The van der Waals surface area contributed by atoms with Gasteiger partial charge in [-0.1, -0.05) is 103 Å². The minimum atomic E-state index is -0.732. The monoisotopic (exact) mass is 432 g/mol. The zero-order chi connectivity index (χ0) is 21.8. The van der Waals surface area contributed by atoms with E-state index in [0.29, 0.717) is 0 Å². The van der Waals surface area contributed by atoms with E-state index in [0.717, 1.165) is 17.9 Å². The lowest BCUT2D eigenvalue weighted by atomic mass is 10.0. The van der Waals surface area contributed by atoms with Crippen LogP contribution >= 0.6 is 7.92 Å². The van der Waals surface area contributed by atoms with Crippen molar-refractivity contribution in [3.8, 4) is 11.5 Å². The summed E-state index contributed by atoms with van der Waals surface area (Å²) in [4.78, 5) is 0. The molecule has 1 nitrogen and oxygen atoms in total. The van der Waals surface area contributed by atoms with Crippen LogP contribution in [0.5, 0.6) is 11.5 Å². The van der Waals surface area contributed by atoms with E-state index in [1.54, 1.807) is 0 Å². The number of rotatable bonds is 6. The SMILES string of the molecule is CC1=CCC(c2ccc(Oc3ccccc3)cc2P(c2ccccc2)c2ccccc2)=C1. The van der Waals surface area contributed by atoms with Crippen molar-refractivity contribution in [3.05, 3.63) is 132 Å². The molecule has 0 spiro atoms. The van der Waals surface area contributed by atoms with Crippen molar-refractivity contribution in [3.63, 3.8) is 0 Å². The Hall–Kier alpha value is -3.41. The highest BCUT2D eigenvalue weighted by Crippen LogP contribution is 2.39. The van der Waals surface area contributed by atoms with Crippen LogP contribution < -0.4 is 20.7 Å². The van der Waals surface area contributed by atoms with Crippen LogP contribution in [-0.2, 0) is 0 Å². The van der Waals surface area contributed by atoms with Crippen LogP contribution in [0.2, 0.25) is 0 Å². The molecule has 0 heterocycles. The standard InChI is InChI=1S/C30H25OP/c1-23-17-18-24(21-23)29-20-19-26(31-25-11-5-2-6-12-25)22-30(29)32(27-13-7-3-8-14-27)28-15-9-4-10-16-28/h2-17,19-22H,18H2,1H3. The highest BCUT2D eigenvalue weighted by Gasteiger charge is 2.22. The molecule has 1 aliphatic carbocycles. The van der Waals surface area contributed by atoms with Gasteiger partial charge in [-0.05, 0) is 72.6 Å². The van der Waals surface area contributed by atoms with Gasteiger partial charge in [-0.2, -0.15) is 0 Å². The Kier molecular flexibility index (Phi) is 6.01. The summed E-state index contributed by atoms with van der Waals surface area (Å²) in [6.45, 7) is 2.18. The molecule has 32 heavy (non-hydrogen) atoms. The molecule has 0 fully saturated rings. The predicted octanol–water partition coefficient (Wildman–Crippen LogP) is 6.97. The third-order valence-corrected chi connectivity index (χ3v) is 8.09. The van der Waals surface area contributed by atoms with Gasteiger partial charge < -0.3 is 4.74 Å². The fraction of sp³-hybridized carbons (Fsp3) is 0.0667. The number of ether oxygens (including phenoxy) is 1. The molecule has 1 aliphatic rings. The minimum Gasteiger partial charge on any atom is -0.457 e. The van der Waals surface area contributed by atoms with Crippen LogP contribution in [0.1, 0.15) is 18.9 Å². The maximum atomic E-state index is 6.26. The van der Waals surface area contributed by atoms with E-state index in [2.05, 4.69) is 97.9 Å². The van der Waals surface area contributed by atoms with E-state index in [9.17, 15) is 0 Å². The second-order valence-corrected chi connectivity index (χ2v) is 10.1. The van der Waals surface area contributed by atoms with E-state index in [1.165, 1.54) is 32.6 Å². The summed E-state index contributed by atoms with van der Waals surface area (Å²) in [5, 5.41) is 4.02. The summed E-state index contributed by atoms with van der Waals surface area (Å²) in [6, 6.07) is 38.3. The second-order valence-electron chi connectivity index (χ2n) is 7.92. The van der Waals surface area contributed by atoms with Crippen molar-refractivity contribution in [1.29, 1.82) is 0 Å². The topological polar surface area (TPSA) is 9.23 Å². The van der Waals surface area contributed by atoms with Gasteiger partial charge >= 0.3 is 0 Å². The van der Waals surface area contributed by atoms with E-state index < -0.39 is 7.92 Å². The molecule has 2 heteroatoms. The molecule has 4 aromatic rings. The fourth-order valence-electron chi connectivity index (χ4n) is 4.09. The van der Waals surface area contributed by atoms with Crippen molar-refractivity contribution in [2.75, 3.05) is 0 Å². The number of para-hydroxylation sites is 1. The van der Waals surface area contributed by atoms with E-state index in [1.807, 2.05) is 30.3 Å². The number of benzene rings is 4. The summed E-state index contributed by atoms with van der Waals surface area (Å²) in [7, 11) is -0.732. The first-order valence-corrected chi connectivity index (χ1v) is 12.3. The predicted molar refractivity (Wildman–Crippen MR) is 138 cm³/mol. The van der Waals surface area contributed by atoms with Crippen LogP contribution in [0.4, 0.5) is 0 Å². The van der Waals surface area contributed by atoms with Crippen molar-refractivity contribution in [2.24, 2.45) is 0 Å². The van der Waals surface area contributed by atoms with Gasteiger partial charge in [0.1, 0.15) is 11.5 Å². The highest BCUT2D eigenvalue weighted by molar-refractivity contribution is 7.80. The maximum absolute atomic E-state index is 6.26. The fourth-order valence-corrected chi connectivity index (χ4v) is 6.60. The van der Waals surface area contributed by atoms with Gasteiger partial charge in [0.2, 0.25) is 0 Å². The lowest BCUT2D eigenvalue weighted by molar-refractivity contribution is 0.483. The van der Waals surface area contributed by atoms with Gasteiger partial charge in [0.25, 0.3) is 0 Å². The van der Waals surface area contributed by atoms with E-state index in [4.69, 9.17) is 4.74 Å². The van der Waals surface area contributed by atoms with E-state index in [-0.39, 0.29) is 0 Å². The van der Waals surface area contributed by atoms with E-state index >= 15 is 0 Å². The lowest BCUT2D eigenvalue weighted by Gasteiger charge is -2.23. The molecule has 0 amide bonds. The first kappa shape index (κ1) is 20.5. The molecule has 0 atom stereocenters. The van der Waals surface area contributed by atoms with Gasteiger partial charge in [-0.15, -0.1) is 0 Å². The number of allylic oxidation sites excluding steroid dienone is 4. The van der Waals surface area contributed by atoms with Gasteiger partial charge in [-0.3, -0.25) is 0 Å². The smallest absolute Gasteiger partial charge is 0.128 e. The summed E-state index contributed by atoms with van der Waals surface area (Å²) in [5.74, 6) is 1.73. The van der Waals surface area contributed by atoms with Gasteiger partial charge in [-0.25, -0.2) is 0 Å². The molecular formula is C30H25OP. The normalized spacial score (nSPS) is 13.1. The van der Waals surface area contributed by atoms with Crippen molar-refractivity contribution in [1.82, 2.24) is 0 Å². The van der Waals surface area contributed by atoms with Crippen molar-refractivity contribution in [2.45, 2.75) is 13.3 Å². The second kappa shape index (κ2) is 9.39. The molecule has 4 aromatic carbocycles. The van der Waals surface area contributed by atoms with Gasteiger partial charge in [0, 0.05) is 0 Å². The average molecular weight is 433 g/mol. The molecule has 0 radical (unpaired) electrons. The van der Waals surface area contributed by atoms with Crippen molar-refractivity contribution >= 4 is 29.4 Å². The van der Waals surface area contributed by atoms with Crippen LogP contribution in [0, 0.1) is 0 Å². The molecule has 0 saturated heterocycles. The lowest BCUT2D eigenvalue weighted by Crippen LogP contribution is -2.23. The Balaban J connectivity index is 1.67. The molecule has 0 unspecified atom stereocenters. The molecule has 156 valence electrons. The molecule has 0 N–H and O–H groups in total. The third kappa shape index (κ3) is 4.44. The summed E-state index contributed by atoms with van der Waals surface area (Å²) in [5.41, 5.74) is 4.03. The Morgan fingerprint density at radius 1 is 0.656 bits per heavy atom. The molecule has 0 saturated carbocycles. The zero-order valence-electron chi connectivity index (χ0n) is 18.1. The molecule has 5 rings (SSSR count). The number of hydrogen-bond acceptors (Lipinski definition) is 1. The Morgan fingerprint density at radius 3 is 1.81 bits per heavy atom. The Bertz CT molecular complexity index is 1220. The van der Waals surface area contributed by atoms with Crippen LogP contribution in [0.3, 0.4) is 0 Å². The molecule has 0 aliphatic heterocycles. The van der Waals surface area contributed by atoms with Crippen LogP contribution in [-0.4, -0.2) is 0 Å². The minimum absolute atomic E-state index is 0.732. The quantitative estimate of drug-likeness (QED) is 0.299. The Labute approximate surface area is 191 Å². The molecular weight excluding hydrogens is 407 g/mol. The van der Waals surface area contributed by atoms with Crippen molar-refractivity contribution < 1.29 is 4.74 Å². The third-order valence-electron chi connectivity index (χ3n) is 5.61. The largest absolute Gasteiger partial charge is 0.457 e. The summed E-state index contributed by atoms with van der Waals surface area (Å²) >= 11 is 0. The van der Waals surface area contributed by atoms with Crippen LogP contribution in [0.25, 0.3) is 5.57 Å². The van der Waals surface area contributed by atoms with Gasteiger partial charge in [0.15, 0.2) is 0 Å². The number of hydrogen-bond donors (Lipinski definition) is 0. The van der Waals surface area contributed by atoms with Gasteiger partial charge in [0.05, 0.1) is 0 Å². The molecule has 0 bridgehead atoms. The van der Waals surface area contributed by atoms with Crippen LogP contribution in [0.15, 0.2) is 127 Å². The zero-order valence-corrected chi connectivity index (χ0v) is 19.0. The summed E-state index contributed by atoms with van der Waals surface area (Å²) in [6.07, 6.45) is 5.60.